The predicted molar refractivity (Wildman–Crippen MR) is 149 cm³/mol. The summed E-state index contributed by atoms with van der Waals surface area (Å²) < 4.78 is 31.4. The van der Waals surface area contributed by atoms with E-state index in [0.717, 1.165) is 18.2 Å². The Balaban J connectivity index is 2.21. The Morgan fingerprint density at radius 3 is 2.38 bits per heavy atom. The molecule has 0 radical (unpaired) electrons. The lowest BCUT2D eigenvalue weighted by Crippen LogP contribution is -2.49. The molecule has 0 aliphatic heterocycles. The molecule has 8 nitrogen and oxygen atoms in total. The van der Waals surface area contributed by atoms with Gasteiger partial charge in [0.2, 0.25) is 21.8 Å². The first-order chi connectivity index (χ1) is 17.4. The number of anilines is 1. The van der Waals surface area contributed by atoms with Crippen molar-refractivity contribution in [1.82, 2.24) is 10.2 Å². The Morgan fingerprint density at radius 1 is 1.08 bits per heavy atom. The second kappa shape index (κ2) is 13.9. The Kier molecular flexibility index (Phi) is 11.5. The van der Waals surface area contributed by atoms with Crippen LogP contribution in [0, 0.1) is 0 Å². The highest BCUT2D eigenvalue weighted by molar-refractivity contribution is 7.92. The lowest BCUT2D eigenvalue weighted by Gasteiger charge is -2.30. The quantitative estimate of drug-likeness (QED) is 0.369. The van der Waals surface area contributed by atoms with Crippen molar-refractivity contribution in [2.75, 3.05) is 24.2 Å². The molecule has 1 N–H and O–H groups in total. The zero-order valence-electron chi connectivity index (χ0n) is 21.8. The van der Waals surface area contributed by atoms with Crippen molar-refractivity contribution in [2.45, 2.75) is 58.7 Å². The number of sulfonamides is 1. The van der Waals surface area contributed by atoms with Gasteiger partial charge in [-0.25, -0.2) is 8.42 Å². The SMILES string of the molecule is CC[C@H](C)NC(=O)[C@H](C)N(Cc1ccc(Cl)c(Cl)c1)C(=O)CCCN(c1cccc(OC)c1)S(C)(=O)=O. The van der Waals surface area contributed by atoms with Crippen LogP contribution >= 0.6 is 23.2 Å². The maximum absolute atomic E-state index is 13.4. The second-order valence-corrected chi connectivity index (χ2v) is 11.6. The molecule has 2 aromatic rings. The standard InChI is InChI=1S/C26H35Cl2N3O5S/c1-6-18(2)29-26(33)19(3)30(17-20-12-13-23(27)24(28)15-20)25(32)11-8-14-31(37(5,34)35)21-9-7-10-22(16-21)36-4/h7,9-10,12-13,15-16,18-19H,6,8,11,14,17H2,1-5H3,(H,29,33)/t18-,19-/m0/s1. The van der Waals surface area contributed by atoms with Gasteiger partial charge in [0.05, 0.1) is 29.1 Å². The summed E-state index contributed by atoms with van der Waals surface area (Å²) in [6.45, 7) is 5.77. The van der Waals surface area contributed by atoms with Gasteiger partial charge in [-0.05, 0) is 56.5 Å². The van der Waals surface area contributed by atoms with Crippen LogP contribution in [0.25, 0.3) is 0 Å². The minimum atomic E-state index is -3.60. The summed E-state index contributed by atoms with van der Waals surface area (Å²) >= 11 is 12.2. The summed E-state index contributed by atoms with van der Waals surface area (Å²) in [4.78, 5) is 27.7. The van der Waals surface area contributed by atoms with Crippen molar-refractivity contribution in [3.63, 3.8) is 0 Å². The molecule has 2 aromatic carbocycles. The highest BCUT2D eigenvalue weighted by Gasteiger charge is 2.27. The monoisotopic (exact) mass is 571 g/mol. The predicted octanol–water partition coefficient (Wildman–Crippen LogP) is 4.88. The van der Waals surface area contributed by atoms with Crippen molar-refractivity contribution in [3.8, 4) is 5.75 Å². The Morgan fingerprint density at radius 2 is 1.78 bits per heavy atom. The third-order valence-corrected chi connectivity index (χ3v) is 7.93. The molecule has 2 atom stereocenters. The number of carbonyl (C=O) groups excluding carboxylic acids is 2. The van der Waals surface area contributed by atoms with Crippen LogP contribution in [0.5, 0.6) is 5.75 Å². The number of halogens is 2. The fraction of sp³-hybridized carbons (Fsp3) is 0.462. The summed E-state index contributed by atoms with van der Waals surface area (Å²) in [5, 5.41) is 3.66. The van der Waals surface area contributed by atoms with Crippen LogP contribution in [-0.4, -0.2) is 57.1 Å². The zero-order valence-corrected chi connectivity index (χ0v) is 24.2. The van der Waals surface area contributed by atoms with Gasteiger partial charge in [0.1, 0.15) is 11.8 Å². The molecule has 0 spiro atoms. The molecule has 2 amide bonds. The lowest BCUT2D eigenvalue weighted by atomic mass is 10.1. The molecule has 2 rings (SSSR count). The van der Waals surface area contributed by atoms with Crippen LogP contribution in [0.15, 0.2) is 42.5 Å². The molecule has 0 aliphatic carbocycles. The van der Waals surface area contributed by atoms with Gasteiger partial charge in [0.25, 0.3) is 0 Å². The number of carbonyl (C=O) groups is 2. The van der Waals surface area contributed by atoms with E-state index >= 15 is 0 Å². The number of nitrogens with zero attached hydrogens (tertiary/aromatic N) is 2. The van der Waals surface area contributed by atoms with E-state index in [9.17, 15) is 18.0 Å². The Labute approximate surface area is 229 Å². The molecule has 0 aromatic heterocycles. The van der Waals surface area contributed by atoms with Gasteiger partial charge in [-0.15, -0.1) is 0 Å². The van der Waals surface area contributed by atoms with Crippen molar-refractivity contribution < 1.29 is 22.7 Å². The van der Waals surface area contributed by atoms with Gasteiger partial charge in [-0.2, -0.15) is 0 Å². The zero-order chi connectivity index (χ0) is 27.8. The topological polar surface area (TPSA) is 96.0 Å². The third kappa shape index (κ3) is 9.09. The van der Waals surface area contributed by atoms with Crippen molar-refractivity contribution >= 4 is 50.7 Å². The summed E-state index contributed by atoms with van der Waals surface area (Å²) in [6, 6.07) is 11.0. The number of nitrogens with one attached hydrogen (secondary N) is 1. The molecular formula is C26H35Cl2N3O5S. The van der Waals surface area contributed by atoms with Crippen LogP contribution < -0.4 is 14.4 Å². The van der Waals surface area contributed by atoms with Gasteiger partial charge in [0, 0.05) is 31.6 Å². The van der Waals surface area contributed by atoms with E-state index in [2.05, 4.69) is 5.32 Å². The molecular weight excluding hydrogens is 537 g/mol. The summed E-state index contributed by atoms with van der Waals surface area (Å²) in [6.07, 6.45) is 2.16. The van der Waals surface area contributed by atoms with E-state index in [1.165, 1.54) is 16.3 Å². The fourth-order valence-corrected chi connectivity index (χ4v) is 4.93. The lowest BCUT2D eigenvalue weighted by molar-refractivity contribution is -0.140. The molecule has 0 aliphatic rings. The maximum Gasteiger partial charge on any atom is 0.242 e. The number of hydrogen-bond donors (Lipinski definition) is 1. The molecule has 0 saturated carbocycles. The van der Waals surface area contributed by atoms with Crippen molar-refractivity contribution in [3.05, 3.63) is 58.1 Å². The van der Waals surface area contributed by atoms with E-state index in [4.69, 9.17) is 27.9 Å². The number of ether oxygens (including phenoxy) is 1. The molecule has 0 saturated heterocycles. The van der Waals surface area contributed by atoms with Crippen LogP contribution in [0.2, 0.25) is 10.0 Å². The summed E-state index contributed by atoms with van der Waals surface area (Å²) in [5.74, 6) is -0.0231. The minimum absolute atomic E-state index is 0.0388. The number of rotatable bonds is 13. The minimum Gasteiger partial charge on any atom is -0.497 e. The van der Waals surface area contributed by atoms with Crippen molar-refractivity contribution in [2.24, 2.45) is 0 Å². The van der Waals surface area contributed by atoms with Gasteiger partial charge in [-0.1, -0.05) is 42.3 Å². The molecule has 204 valence electrons. The van der Waals surface area contributed by atoms with Gasteiger partial charge >= 0.3 is 0 Å². The van der Waals surface area contributed by atoms with E-state index in [-0.39, 0.29) is 43.8 Å². The first-order valence-corrected chi connectivity index (χ1v) is 14.6. The molecule has 0 fully saturated rings. The summed E-state index contributed by atoms with van der Waals surface area (Å²) in [5.41, 5.74) is 1.17. The molecule has 0 heterocycles. The van der Waals surface area contributed by atoms with Gasteiger partial charge < -0.3 is 15.0 Å². The molecule has 11 heteroatoms. The van der Waals surface area contributed by atoms with E-state index in [1.807, 2.05) is 13.8 Å². The number of amides is 2. The van der Waals surface area contributed by atoms with Crippen LogP contribution in [0.1, 0.15) is 45.6 Å². The first kappa shape index (κ1) is 30.7. The Hall–Kier alpha value is -2.49. The van der Waals surface area contributed by atoms with Gasteiger partial charge in [-0.3, -0.25) is 13.9 Å². The highest BCUT2D eigenvalue weighted by atomic mass is 35.5. The highest BCUT2D eigenvalue weighted by Crippen LogP contribution is 2.25. The molecule has 37 heavy (non-hydrogen) atoms. The summed E-state index contributed by atoms with van der Waals surface area (Å²) in [7, 11) is -2.10. The molecule has 0 unspecified atom stereocenters. The fourth-order valence-electron chi connectivity index (χ4n) is 3.65. The van der Waals surface area contributed by atoms with E-state index in [1.54, 1.807) is 49.4 Å². The van der Waals surface area contributed by atoms with Crippen molar-refractivity contribution in [1.29, 1.82) is 0 Å². The van der Waals surface area contributed by atoms with Crippen LogP contribution in [-0.2, 0) is 26.2 Å². The maximum atomic E-state index is 13.4. The normalized spacial score (nSPS) is 12.9. The second-order valence-electron chi connectivity index (χ2n) is 8.90. The van der Waals surface area contributed by atoms with Gasteiger partial charge in [0.15, 0.2) is 0 Å². The van der Waals surface area contributed by atoms with E-state index in [0.29, 0.717) is 21.5 Å². The Bertz CT molecular complexity index is 1190. The number of methoxy groups -OCH3 is 1. The average molecular weight is 573 g/mol. The largest absolute Gasteiger partial charge is 0.497 e. The average Bonchev–Trinajstić information content (AvgIpc) is 2.85. The number of hydrogen-bond acceptors (Lipinski definition) is 5. The number of benzene rings is 2. The van der Waals surface area contributed by atoms with Crippen LogP contribution in [0.3, 0.4) is 0 Å². The smallest absolute Gasteiger partial charge is 0.242 e. The van der Waals surface area contributed by atoms with E-state index < -0.39 is 16.1 Å². The third-order valence-electron chi connectivity index (χ3n) is 6.00. The molecule has 0 bridgehead atoms. The van der Waals surface area contributed by atoms with Crippen LogP contribution in [0.4, 0.5) is 5.69 Å². The first-order valence-electron chi connectivity index (χ1n) is 12.0.